The van der Waals surface area contributed by atoms with Crippen molar-refractivity contribution in [3.8, 4) is 0 Å². The molecule has 0 saturated heterocycles. The van der Waals surface area contributed by atoms with Crippen LogP contribution in [0, 0.1) is 0 Å². The fourth-order valence-corrected chi connectivity index (χ4v) is 2.61. The van der Waals surface area contributed by atoms with Gasteiger partial charge in [0.1, 0.15) is 6.29 Å². The molecule has 3 heteroatoms. The fraction of sp³-hybridized carbons (Fsp3) is 0.176. The van der Waals surface area contributed by atoms with Crippen LogP contribution < -0.4 is 4.90 Å². The number of para-hydroxylation sites is 1. The molecule has 20 heavy (non-hydrogen) atoms. The van der Waals surface area contributed by atoms with E-state index >= 15 is 0 Å². The van der Waals surface area contributed by atoms with Crippen molar-refractivity contribution in [2.75, 3.05) is 11.4 Å². The highest BCUT2D eigenvalue weighted by atomic mass is 16.2. The second-order valence-electron chi connectivity index (χ2n) is 4.93. The molecule has 3 nitrogen and oxygen atoms in total. The highest BCUT2D eigenvalue weighted by Gasteiger charge is 2.23. The van der Waals surface area contributed by atoms with Gasteiger partial charge in [0.2, 0.25) is 0 Å². The lowest BCUT2D eigenvalue weighted by molar-refractivity contribution is 0.0988. The van der Waals surface area contributed by atoms with E-state index in [1.807, 2.05) is 36.4 Å². The Morgan fingerprint density at radius 3 is 2.60 bits per heavy atom. The lowest BCUT2D eigenvalue weighted by Crippen LogP contribution is -2.30. The van der Waals surface area contributed by atoms with Gasteiger partial charge in [0.05, 0.1) is 0 Å². The number of hydrogen-bond acceptors (Lipinski definition) is 2. The first-order chi connectivity index (χ1) is 9.79. The van der Waals surface area contributed by atoms with E-state index in [1.54, 1.807) is 17.0 Å². The molecule has 2 aromatic carbocycles. The monoisotopic (exact) mass is 265 g/mol. The van der Waals surface area contributed by atoms with E-state index in [9.17, 15) is 9.59 Å². The van der Waals surface area contributed by atoms with E-state index in [1.165, 1.54) is 0 Å². The molecule has 0 bridgehead atoms. The van der Waals surface area contributed by atoms with Crippen molar-refractivity contribution in [2.24, 2.45) is 0 Å². The molecule has 0 atom stereocenters. The number of hydrogen-bond donors (Lipinski definition) is 0. The molecule has 0 spiro atoms. The number of nitrogens with zero attached hydrogens (tertiary/aromatic N) is 1. The van der Waals surface area contributed by atoms with Gasteiger partial charge in [0, 0.05) is 23.4 Å². The van der Waals surface area contributed by atoms with E-state index < -0.39 is 0 Å². The van der Waals surface area contributed by atoms with E-state index in [2.05, 4.69) is 0 Å². The normalized spacial score (nSPS) is 14.6. The summed E-state index contributed by atoms with van der Waals surface area (Å²) in [6.45, 7) is 0.702. The van der Waals surface area contributed by atoms with Crippen LogP contribution in [0.3, 0.4) is 0 Å². The number of carbonyl (C=O) groups excluding carboxylic acids is 2. The zero-order valence-electron chi connectivity index (χ0n) is 11.1. The average molecular weight is 265 g/mol. The average Bonchev–Trinajstić information content (AvgIpc) is 2.67. The van der Waals surface area contributed by atoms with Gasteiger partial charge in [-0.25, -0.2) is 0 Å². The van der Waals surface area contributed by atoms with E-state index in [-0.39, 0.29) is 5.91 Å². The summed E-state index contributed by atoms with van der Waals surface area (Å²) in [6, 6.07) is 15.0. The lowest BCUT2D eigenvalue weighted by atomic mass is 10.0. The summed E-state index contributed by atoms with van der Waals surface area (Å²) >= 11 is 0. The Kier molecular flexibility index (Phi) is 3.33. The Hall–Kier alpha value is -2.42. The molecule has 3 rings (SSSR count). The second kappa shape index (κ2) is 5.29. The van der Waals surface area contributed by atoms with E-state index in [0.29, 0.717) is 17.7 Å². The summed E-state index contributed by atoms with van der Waals surface area (Å²) in [7, 11) is 0. The third kappa shape index (κ3) is 2.23. The Balaban J connectivity index is 2.04. The predicted molar refractivity (Wildman–Crippen MR) is 78.3 cm³/mol. The molecule has 1 aliphatic rings. The van der Waals surface area contributed by atoms with Crippen LogP contribution in [0.25, 0.3) is 0 Å². The minimum Gasteiger partial charge on any atom is -0.308 e. The van der Waals surface area contributed by atoms with E-state index in [0.717, 1.165) is 30.4 Å². The smallest absolute Gasteiger partial charge is 0.258 e. The molecule has 0 saturated carbocycles. The molecule has 0 fully saturated rings. The summed E-state index contributed by atoms with van der Waals surface area (Å²) in [5, 5.41) is 0. The number of fused-ring (bicyclic) bond motifs is 1. The Labute approximate surface area is 117 Å². The zero-order chi connectivity index (χ0) is 13.9. The van der Waals surface area contributed by atoms with E-state index in [4.69, 9.17) is 0 Å². The molecule has 0 radical (unpaired) electrons. The number of aryl methyl sites for hydroxylation is 1. The van der Waals surface area contributed by atoms with Crippen molar-refractivity contribution < 1.29 is 9.59 Å². The summed E-state index contributed by atoms with van der Waals surface area (Å²) in [5.41, 5.74) is 3.13. The first kappa shape index (κ1) is 12.6. The van der Waals surface area contributed by atoms with Crippen molar-refractivity contribution in [1.29, 1.82) is 0 Å². The molecular formula is C17H15NO2. The maximum atomic E-state index is 12.7. The number of benzene rings is 2. The number of carbonyl (C=O) groups is 2. The molecule has 1 aliphatic heterocycles. The quantitative estimate of drug-likeness (QED) is 0.782. The maximum Gasteiger partial charge on any atom is 0.258 e. The predicted octanol–water partition coefficient (Wildman–Crippen LogP) is 3.09. The van der Waals surface area contributed by atoms with Gasteiger partial charge in [-0.05, 0) is 36.6 Å². The Morgan fingerprint density at radius 1 is 1.05 bits per heavy atom. The molecule has 0 aliphatic carbocycles. The molecule has 0 N–H and O–H groups in total. The minimum absolute atomic E-state index is 0.0209. The SMILES string of the molecule is O=Cc1ccc2c(c1)C(=O)N(c1ccccc1)CCC2. The van der Waals surface area contributed by atoms with Gasteiger partial charge in [0.15, 0.2) is 0 Å². The fourth-order valence-electron chi connectivity index (χ4n) is 2.61. The van der Waals surface area contributed by atoms with Crippen LogP contribution in [-0.2, 0) is 6.42 Å². The summed E-state index contributed by atoms with van der Waals surface area (Å²) in [4.78, 5) is 25.4. The summed E-state index contributed by atoms with van der Waals surface area (Å²) in [5.74, 6) is -0.0209. The molecule has 0 unspecified atom stereocenters. The zero-order valence-corrected chi connectivity index (χ0v) is 11.1. The van der Waals surface area contributed by atoms with Gasteiger partial charge in [-0.15, -0.1) is 0 Å². The molecule has 1 heterocycles. The molecule has 1 amide bonds. The largest absolute Gasteiger partial charge is 0.308 e. The topological polar surface area (TPSA) is 37.4 Å². The highest BCUT2D eigenvalue weighted by Crippen LogP contribution is 2.24. The number of aldehydes is 1. The van der Waals surface area contributed by atoms with Crippen LogP contribution in [0.1, 0.15) is 32.7 Å². The third-order valence-corrected chi connectivity index (χ3v) is 3.64. The van der Waals surface area contributed by atoms with Gasteiger partial charge in [0.25, 0.3) is 5.91 Å². The molecule has 2 aromatic rings. The first-order valence-electron chi connectivity index (χ1n) is 6.74. The van der Waals surface area contributed by atoms with Gasteiger partial charge in [-0.2, -0.15) is 0 Å². The Bertz CT molecular complexity index is 649. The molecule has 100 valence electrons. The molecular weight excluding hydrogens is 250 g/mol. The molecule has 0 aromatic heterocycles. The van der Waals surface area contributed by atoms with Crippen LogP contribution in [0.5, 0.6) is 0 Å². The van der Waals surface area contributed by atoms with Crippen molar-refractivity contribution in [3.63, 3.8) is 0 Å². The number of rotatable bonds is 2. The van der Waals surface area contributed by atoms with Crippen LogP contribution in [0.2, 0.25) is 0 Å². The van der Waals surface area contributed by atoms with Gasteiger partial charge >= 0.3 is 0 Å². The van der Waals surface area contributed by atoms with Crippen LogP contribution in [-0.4, -0.2) is 18.7 Å². The van der Waals surface area contributed by atoms with Gasteiger partial charge < -0.3 is 4.90 Å². The lowest BCUT2D eigenvalue weighted by Gasteiger charge is -2.21. The van der Waals surface area contributed by atoms with Crippen molar-refractivity contribution in [3.05, 3.63) is 65.2 Å². The summed E-state index contributed by atoms with van der Waals surface area (Å²) < 4.78 is 0. The highest BCUT2D eigenvalue weighted by molar-refractivity contribution is 6.08. The van der Waals surface area contributed by atoms with Crippen molar-refractivity contribution in [2.45, 2.75) is 12.8 Å². The Morgan fingerprint density at radius 2 is 1.85 bits per heavy atom. The number of anilines is 1. The van der Waals surface area contributed by atoms with Crippen LogP contribution in [0.15, 0.2) is 48.5 Å². The third-order valence-electron chi connectivity index (χ3n) is 3.64. The minimum atomic E-state index is -0.0209. The number of amides is 1. The first-order valence-corrected chi connectivity index (χ1v) is 6.74. The van der Waals surface area contributed by atoms with Crippen molar-refractivity contribution in [1.82, 2.24) is 0 Å². The maximum absolute atomic E-state index is 12.7. The standard InChI is InChI=1S/C17H15NO2/c19-12-13-8-9-14-5-4-10-18(17(20)16(14)11-13)15-6-2-1-3-7-15/h1-3,6-9,11-12H,4-5,10H2. The van der Waals surface area contributed by atoms with Gasteiger partial charge in [-0.1, -0.05) is 30.3 Å². The summed E-state index contributed by atoms with van der Waals surface area (Å²) in [6.07, 6.45) is 2.57. The van der Waals surface area contributed by atoms with Crippen molar-refractivity contribution >= 4 is 17.9 Å². The second-order valence-corrected chi connectivity index (χ2v) is 4.93. The van der Waals surface area contributed by atoms with Crippen LogP contribution >= 0.6 is 0 Å². The van der Waals surface area contributed by atoms with Gasteiger partial charge in [-0.3, -0.25) is 9.59 Å². The van der Waals surface area contributed by atoms with Crippen LogP contribution in [0.4, 0.5) is 5.69 Å².